The lowest BCUT2D eigenvalue weighted by Gasteiger charge is -2.20. The predicted molar refractivity (Wildman–Crippen MR) is 83.8 cm³/mol. The van der Waals surface area contributed by atoms with Gasteiger partial charge >= 0.3 is 5.97 Å². The maximum atomic E-state index is 12.1. The second kappa shape index (κ2) is 7.41. The maximum Gasteiger partial charge on any atom is 0.326 e. The number of pyridine rings is 1. The summed E-state index contributed by atoms with van der Waals surface area (Å²) in [5.41, 5.74) is 1.71. The van der Waals surface area contributed by atoms with Crippen molar-refractivity contribution in [1.82, 2.24) is 9.47 Å². The van der Waals surface area contributed by atoms with Crippen molar-refractivity contribution in [3.8, 4) is 0 Å². The van der Waals surface area contributed by atoms with Crippen LogP contribution in [0.4, 0.5) is 0 Å². The summed E-state index contributed by atoms with van der Waals surface area (Å²) in [4.78, 5) is 25.7. The molecule has 1 unspecified atom stereocenters. The van der Waals surface area contributed by atoms with Gasteiger partial charge in [0.25, 0.3) is 5.56 Å². The molecular weight excluding hydrogens is 268 g/mol. The lowest BCUT2D eigenvalue weighted by atomic mass is 10.0. The highest BCUT2D eigenvalue weighted by Crippen LogP contribution is 2.18. The van der Waals surface area contributed by atoms with Crippen molar-refractivity contribution in [2.24, 2.45) is 5.92 Å². The summed E-state index contributed by atoms with van der Waals surface area (Å²) >= 11 is 0. The number of hydrogen-bond acceptors (Lipinski definition) is 3. The molecule has 0 aromatic carbocycles. The maximum absolute atomic E-state index is 12.1. The van der Waals surface area contributed by atoms with Crippen LogP contribution >= 0.6 is 0 Å². The first kappa shape index (κ1) is 17.4. The number of hydrogen-bond donors (Lipinski definition) is 1. The van der Waals surface area contributed by atoms with Crippen molar-refractivity contribution >= 4 is 5.97 Å². The minimum Gasteiger partial charge on any atom is -0.480 e. The molecular formula is C16H26N2O3. The molecule has 1 N–H and O–H groups in total. The van der Waals surface area contributed by atoms with Gasteiger partial charge in [-0.2, -0.15) is 0 Å². The van der Waals surface area contributed by atoms with Gasteiger partial charge in [0.15, 0.2) is 0 Å². The van der Waals surface area contributed by atoms with E-state index in [1.54, 1.807) is 12.3 Å². The van der Waals surface area contributed by atoms with Crippen molar-refractivity contribution in [2.75, 3.05) is 20.6 Å². The Labute approximate surface area is 126 Å². The second-order valence-electron chi connectivity index (χ2n) is 6.26. The smallest absolute Gasteiger partial charge is 0.326 e. The Morgan fingerprint density at radius 1 is 1.38 bits per heavy atom. The third kappa shape index (κ3) is 5.01. The third-order valence-corrected chi connectivity index (χ3v) is 3.54. The summed E-state index contributed by atoms with van der Waals surface area (Å²) < 4.78 is 1.38. The zero-order valence-corrected chi connectivity index (χ0v) is 13.6. The van der Waals surface area contributed by atoms with Crippen LogP contribution in [0.1, 0.15) is 37.4 Å². The van der Waals surface area contributed by atoms with Crippen molar-refractivity contribution in [1.29, 1.82) is 0 Å². The highest BCUT2D eigenvalue weighted by atomic mass is 16.4. The van der Waals surface area contributed by atoms with Gasteiger partial charge in [-0.1, -0.05) is 13.8 Å². The van der Waals surface area contributed by atoms with Gasteiger partial charge in [-0.15, -0.1) is 0 Å². The van der Waals surface area contributed by atoms with Crippen molar-refractivity contribution in [3.63, 3.8) is 0 Å². The van der Waals surface area contributed by atoms with Crippen LogP contribution in [-0.2, 0) is 11.2 Å². The van der Waals surface area contributed by atoms with Gasteiger partial charge < -0.3 is 14.6 Å². The van der Waals surface area contributed by atoms with Crippen LogP contribution in [0.2, 0.25) is 0 Å². The van der Waals surface area contributed by atoms with E-state index in [1.807, 2.05) is 34.9 Å². The van der Waals surface area contributed by atoms with Crippen molar-refractivity contribution < 1.29 is 9.90 Å². The van der Waals surface area contributed by atoms with Crippen molar-refractivity contribution in [2.45, 2.75) is 39.7 Å². The summed E-state index contributed by atoms with van der Waals surface area (Å²) in [7, 11) is 3.98. The first-order valence-corrected chi connectivity index (χ1v) is 7.31. The molecule has 118 valence electrons. The topological polar surface area (TPSA) is 62.5 Å². The van der Waals surface area contributed by atoms with E-state index in [-0.39, 0.29) is 11.5 Å². The zero-order valence-electron chi connectivity index (χ0n) is 13.6. The van der Waals surface area contributed by atoms with E-state index in [9.17, 15) is 14.7 Å². The van der Waals surface area contributed by atoms with E-state index in [0.717, 1.165) is 24.1 Å². The predicted octanol–water partition coefficient (Wildman–Crippen LogP) is 1.93. The Kier molecular flexibility index (Phi) is 6.15. The highest BCUT2D eigenvalue weighted by Gasteiger charge is 2.22. The van der Waals surface area contributed by atoms with Crippen LogP contribution in [-0.4, -0.2) is 41.2 Å². The Morgan fingerprint density at radius 2 is 2.00 bits per heavy atom. The Hall–Kier alpha value is -1.62. The molecule has 0 aliphatic rings. The molecule has 5 nitrogen and oxygen atoms in total. The van der Waals surface area contributed by atoms with E-state index < -0.39 is 12.0 Å². The van der Waals surface area contributed by atoms with Crippen molar-refractivity contribution in [3.05, 3.63) is 33.7 Å². The average Bonchev–Trinajstić information content (AvgIpc) is 2.34. The van der Waals surface area contributed by atoms with Crippen LogP contribution in [0.3, 0.4) is 0 Å². The van der Waals surface area contributed by atoms with E-state index in [4.69, 9.17) is 0 Å². The summed E-state index contributed by atoms with van der Waals surface area (Å²) in [6.45, 7) is 6.68. The summed E-state index contributed by atoms with van der Waals surface area (Å²) in [5.74, 6) is -0.738. The molecule has 0 amide bonds. The van der Waals surface area contributed by atoms with Gasteiger partial charge in [0, 0.05) is 18.8 Å². The Balaban J connectivity index is 3.18. The number of carbonyl (C=O) groups is 1. The normalized spacial score (nSPS) is 12.9. The van der Waals surface area contributed by atoms with Crippen LogP contribution in [0.25, 0.3) is 0 Å². The van der Waals surface area contributed by atoms with Crippen LogP contribution in [0, 0.1) is 12.8 Å². The zero-order chi connectivity index (χ0) is 16.2. The molecule has 1 aromatic rings. The van der Waals surface area contributed by atoms with E-state index in [1.165, 1.54) is 4.57 Å². The molecule has 0 fully saturated rings. The largest absolute Gasteiger partial charge is 0.480 e. The SMILES string of the molecule is Cc1cc(=O)n(C(CC(C)C)C(=O)O)cc1CCN(C)C. The number of nitrogens with zero attached hydrogens (tertiary/aromatic N) is 2. The molecule has 5 heteroatoms. The summed E-state index contributed by atoms with van der Waals surface area (Å²) in [6.07, 6.45) is 2.97. The van der Waals surface area contributed by atoms with E-state index >= 15 is 0 Å². The lowest BCUT2D eigenvalue weighted by molar-refractivity contribution is -0.141. The fraction of sp³-hybridized carbons (Fsp3) is 0.625. The monoisotopic (exact) mass is 294 g/mol. The molecule has 1 atom stereocenters. The number of aliphatic carboxylic acids is 1. The van der Waals surface area contributed by atoms with Gasteiger partial charge in [-0.05, 0) is 50.9 Å². The molecule has 1 rings (SSSR count). The molecule has 1 heterocycles. The number of carboxylic acids is 1. The van der Waals surface area contributed by atoms with E-state index in [2.05, 4.69) is 4.90 Å². The number of aromatic nitrogens is 1. The fourth-order valence-corrected chi connectivity index (χ4v) is 2.31. The molecule has 0 spiro atoms. The lowest BCUT2D eigenvalue weighted by Crippen LogP contribution is -2.31. The molecule has 21 heavy (non-hydrogen) atoms. The first-order valence-electron chi connectivity index (χ1n) is 7.31. The van der Waals surface area contributed by atoms with Gasteiger partial charge in [-0.3, -0.25) is 4.79 Å². The van der Waals surface area contributed by atoms with Gasteiger partial charge in [0.2, 0.25) is 0 Å². The number of carboxylic acid groups (broad SMARTS) is 1. The summed E-state index contributed by atoms with van der Waals surface area (Å²) in [5, 5.41) is 9.41. The second-order valence-corrected chi connectivity index (χ2v) is 6.26. The van der Waals surface area contributed by atoms with Crippen LogP contribution in [0.5, 0.6) is 0 Å². The molecule has 0 saturated carbocycles. The van der Waals surface area contributed by atoms with Gasteiger partial charge in [0.05, 0.1) is 0 Å². The molecule has 0 radical (unpaired) electrons. The van der Waals surface area contributed by atoms with Gasteiger partial charge in [0.1, 0.15) is 6.04 Å². The average molecular weight is 294 g/mol. The van der Waals surface area contributed by atoms with Crippen LogP contribution < -0.4 is 5.56 Å². The van der Waals surface area contributed by atoms with Crippen LogP contribution in [0.15, 0.2) is 17.1 Å². The first-order chi connectivity index (χ1) is 9.72. The number of rotatable bonds is 7. The minimum absolute atomic E-state index is 0.213. The molecule has 1 aromatic heterocycles. The highest BCUT2D eigenvalue weighted by molar-refractivity contribution is 5.71. The standard InChI is InChI=1S/C16H26N2O3/c1-11(2)8-14(16(20)21)18-10-13(6-7-17(4)5)12(3)9-15(18)19/h9-11,14H,6-8H2,1-5H3,(H,20,21). The number of aryl methyl sites for hydroxylation is 1. The minimum atomic E-state index is -0.951. The Bertz CT molecular complexity index is 547. The molecule has 0 aliphatic carbocycles. The number of likely N-dealkylation sites (N-methyl/N-ethyl adjacent to an activating group) is 1. The fourth-order valence-electron chi connectivity index (χ4n) is 2.31. The quantitative estimate of drug-likeness (QED) is 0.834. The summed E-state index contributed by atoms with van der Waals surface area (Å²) in [6, 6.07) is 0.748. The Morgan fingerprint density at radius 3 is 2.48 bits per heavy atom. The third-order valence-electron chi connectivity index (χ3n) is 3.54. The molecule has 0 bridgehead atoms. The molecule has 0 aliphatic heterocycles. The molecule has 0 saturated heterocycles. The van der Waals surface area contributed by atoms with E-state index in [0.29, 0.717) is 6.42 Å². The van der Waals surface area contributed by atoms with Gasteiger partial charge in [-0.25, -0.2) is 4.79 Å².